The maximum absolute atomic E-state index is 3.75. The fourth-order valence-corrected chi connectivity index (χ4v) is 9.49. The standard InChI is InChI=1S/C47H43N/c1-31-11-10-12-34(29-31)32-19-24-36(25-20-32)48-37-26-21-33(22-27-37)35-23-28-41-39(30-35)38-13-4-5-14-40(38)47(41)44-17-8-6-15-42(44)46(2,3)43-16-7-9-18-45(43)47/h4-10,12-26,29-31,37,41,48H,11,27-28H2,1-3H3. The van der Waals surface area contributed by atoms with Gasteiger partial charge in [-0.1, -0.05) is 154 Å². The Balaban J connectivity index is 1.01. The third-order valence-electron chi connectivity index (χ3n) is 11.8. The SMILES string of the molecule is CC1C=C(c2ccc(NC3C=CC(C4=CCC5C(=C4)c4ccccc4C54c5ccccc5C(C)(C)c5ccccc54)=CC3)cc2)C=CC1. The van der Waals surface area contributed by atoms with E-state index in [0.29, 0.717) is 11.8 Å². The summed E-state index contributed by atoms with van der Waals surface area (Å²) in [5, 5.41) is 3.75. The first-order chi connectivity index (χ1) is 23.4. The molecule has 1 N–H and O–H groups in total. The Morgan fingerprint density at radius 2 is 1.27 bits per heavy atom. The normalized spacial score (nSPS) is 23.9. The van der Waals surface area contributed by atoms with E-state index in [1.54, 1.807) is 0 Å². The maximum atomic E-state index is 3.75. The van der Waals surface area contributed by atoms with Crippen LogP contribution in [-0.4, -0.2) is 6.04 Å². The van der Waals surface area contributed by atoms with Crippen LogP contribution in [0.4, 0.5) is 5.69 Å². The third kappa shape index (κ3) is 4.37. The van der Waals surface area contributed by atoms with Crippen molar-refractivity contribution in [2.24, 2.45) is 11.8 Å². The lowest BCUT2D eigenvalue weighted by Crippen LogP contribution is -2.43. The molecule has 1 spiro atoms. The zero-order valence-corrected chi connectivity index (χ0v) is 28.2. The van der Waals surface area contributed by atoms with Gasteiger partial charge < -0.3 is 5.32 Å². The molecular formula is C47H43N. The van der Waals surface area contributed by atoms with E-state index >= 15 is 0 Å². The van der Waals surface area contributed by atoms with E-state index in [-0.39, 0.29) is 16.9 Å². The Morgan fingerprint density at radius 3 is 1.94 bits per heavy atom. The molecule has 0 saturated heterocycles. The number of rotatable bonds is 4. The molecule has 5 aliphatic carbocycles. The van der Waals surface area contributed by atoms with E-state index in [9.17, 15) is 0 Å². The molecule has 0 aliphatic heterocycles. The van der Waals surface area contributed by atoms with Gasteiger partial charge in [-0.2, -0.15) is 0 Å². The number of benzene rings is 4. The van der Waals surface area contributed by atoms with Crippen molar-refractivity contribution in [1.29, 1.82) is 0 Å². The lowest BCUT2D eigenvalue weighted by molar-refractivity contribution is 0.438. The fraction of sp³-hybridized carbons (Fsp3) is 0.234. The first kappa shape index (κ1) is 29.3. The summed E-state index contributed by atoms with van der Waals surface area (Å²) in [4.78, 5) is 0. The zero-order chi connectivity index (χ0) is 32.5. The minimum absolute atomic E-state index is 0.0527. The van der Waals surface area contributed by atoms with Crippen LogP contribution in [0.15, 0.2) is 157 Å². The number of hydrogen-bond donors (Lipinski definition) is 1. The Kier molecular flexibility index (Phi) is 6.77. The molecule has 0 radical (unpaired) electrons. The highest BCUT2D eigenvalue weighted by Gasteiger charge is 2.57. The molecule has 48 heavy (non-hydrogen) atoms. The summed E-state index contributed by atoms with van der Waals surface area (Å²) in [6.07, 6.45) is 22.2. The van der Waals surface area contributed by atoms with Gasteiger partial charge in [0.1, 0.15) is 0 Å². The van der Waals surface area contributed by atoms with E-state index in [2.05, 4.69) is 172 Å². The van der Waals surface area contributed by atoms with Gasteiger partial charge in [0.2, 0.25) is 0 Å². The van der Waals surface area contributed by atoms with Crippen molar-refractivity contribution < 1.29 is 0 Å². The molecule has 4 aromatic rings. The molecule has 9 rings (SSSR count). The van der Waals surface area contributed by atoms with Crippen molar-refractivity contribution in [1.82, 2.24) is 0 Å². The van der Waals surface area contributed by atoms with Crippen LogP contribution in [0, 0.1) is 11.8 Å². The number of fused-ring (bicyclic) bond motifs is 9. The van der Waals surface area contributed by atoms with Crippen molar-refractivity contribution in [2.75, 3.05) is 5.32 Å². The van der Waals surface area contributed by atoms with E-state index in [0.717, 1.165) is 19.3 Å². The van der Waals surface area contributed by atoms with Crippen molar-refractivity contribution in [3.8, 4) is 0 Å². The van der Waals surface area contributed by atoms with Crippen molar-refractivity contribution in [3.63, 3.8) is 0 Å². The van der Waals surface area contributed by atoms with Crippen molar-refractivity contribution >= 4 is 16.8 Å². The second-order valence-corrected chi connectivity index (χ2v) is 14.9. The third-order valence-corrected chi connectivity index (χ3v) is 11.8. The predicted octanol–water partition coefficient (Wildman–Crippen LogP) is 11.3. The first-order valence-electron chi connectivity index (χ1n) is 17.8. The van der Waals surface area contributed by atoms with Gasteiger partial charge in [0.25, 0.3) is 0 Å². The Morgan fingerprint density at radius 1 is 0.625 bits per heavy atom. The molecule has 0 fully saturated rings. The molecule has 0 amide bonds. The molecule has 0 aromatic heterocycles. The van der Waals surface area contributed by atoms with Crippen molar-refractivity contribution in [2.45, 2.75) is 56.9 Å². The summed E-state index contributed by atoms with van der Waals surface area (Å²) < 4.78 is 0. The summed E-state index contributed by atoms with van der Waals surface area (Å²) in [6, 6.07) is 37.0. The predicted molar refractivity (Wildman–Crippen MR) is 202 cm³/mol. The van der Waals surface area contributed by atoms with Gasteiger partial charge in [-0.15, -0.1) is 0 Å². The topological polar surface area (TPSA) is 12.0 Å². The highest BCUT2D eigenvalue weighted by Crippen LogP contribution is 2.64. The van der Waals surface area contributed by atoms with Gasteiger partial charge in [-0.25, -0.2) is 0 Å². The smallest absolute Gasteiger partial charge is 0.0534 e. The van der Waals surface area contributed by atoms with E-state index in [1.165, 1.54) is 66.9 Å². The van der Waals surface area contributed by atoms with Gasteiger partial charge in [-0.3, -0.25) is 0 Å². The quantitative estimate of drug-likeness (QED) is 0.239. The molecule has 1 heteroatoms. The van der Waals surface area contributed by atoms with Crippen LogP contribution >= 0.6 is 0 Å². The fourth-order valence-electron chi connectivity index (χ4n) is 9.49. The molecular weight excluding hydrogens is 579 g/mol. The average molecular weight is 622 g/mol. The molecule has 236 valence electrons. The number of hydrogen-bond acceptors (Lipinski definition) is 1. The monoisotopic (exact) mass is 621 g/mol. The van der Waals surface area contributed by atoms with E-state index in [4.69, 9.17) is 0 Å². The van der Waals surface area contributed by atoms with Crippen LogP contribution in [0.3, 0.4) is 0 Å². The lowest BCUT2D eigenvalue weighted by atomic mass is 9.53. The minimum atomic E-state index is -0.198. The highest BCUT2D eigenvalue weighted by molar-refractivity contribution is 5.87. The van der Waals surface area contributed by atoms with Gasteiger partial charge in [0.15, 0.2) is 0 Å². The van der Waals surface area contributed by atoms with Crippen LogP contribution < -0.4 is 5.32 Å². The van der Waals surface area contributed by atoms with Crippen LogP contribution in [0.25, 0.3) is 11.1 Å². The lowest BCUT2D eigenvalue weighted by Gasteiger charge is -2.49. The maximum Gasteiger partial charge on any atom is 0.0534 e. The summed E-state index contributed by atoms with van der Waals surface area (Å²) in [5.41, 5.74) is 16.5. The van der Waals surface area contributed by atoms with Gasteiger partial charge >= 0.3 is 0 Å². The van der Waals surface area contributed by atoms with Gasteiger partial charge in [0, 0.05) is 23.1 Å². The van der Waals surface area contributed by atoms with Crippen LogP contribution in [0.1, 0.15) is 79.0 Å². The second kappa shape index (κ2) is 11.1. The van der Waals surface area contributed by atoms with Crippen LogP contribution in [0.5, 0.6) is 0 Å². The Hall–Kier alpha value is -4.88. The Labute approximate surface area is 285 Å². The van der Waals surface area contributed by atoms with Gasteiger partial charge in [0.05, 0.1) is 5.41 Å². The number of nitrogens with one attached hydrogen (secondary N) is 1. The van der Waals surface area contributed by atoms with Gasteiger partial charge in [-0.05, 0) is 98.5 Å². The van der Waals surface area contributed by atoms with Crippen LogP contribution in [0.2, 0.25) is 0 Å². The molecule has 0 saturated carbocycles. The minimum Gasteiger partial charge on any atom is -0.379 e. The molecule has 3 unspecified atom stereocenters. The summed E-state index contributed by atoms with van der Waals surface area (Å²) in [6.45, 7) is 7.09. The average Bonchev–Trinajstić information content (AvgIpc) is 3.42. The summed E-state index contributed by atoms with van der Waals surface area (Å²) in [5.74, 6) is 0.959. The molecule has 0 heterocycles. The summed E-state index contributed by atoms with van der Waals surface area (Å²) >= 11 is 0. The van der Waals surface area contributed by atoms with E-state index < -0.39 is 0 Å². The number of allylic oxidation sites excluding steroid dienone is 10. The second-order valence-electron chi connectivity index (χ2n) is 14.9. The molecule has 1 nitrogen and oxygen atoms in total. The van der Waals surface area contributed by atoms with Crippen LogP contribution in [-0.2, 0) is 10.8 Å². The molecule has 0 bridgehead atoms. The molecule has 5 aliphatic rings. The number of anilines is 1. The Bertz CT molecular complexity index is 2080. The first-order valence-corrected chi connectivity index (χ1v) is 17.8. The molecule has 3 atom stereocenters. The highest BCUT2D eigenvalue weighted by atomic mass is 14.9. The summed E-state index contributed by atoms with van der Waals surface area (Å²) in [7, 11) is 0. The largest absolute Gasteiger partial charge is 0.379 e. The zero-order valence-electron chi connectivity index (χ0n) is 28.2. The van der Waals surface area contributed by atoms with E-state index in [1.807, 2.05) is 0 Å². The molecule has 4 aromatic carbocycles. The van der Waals surface area contributed by atoms with Crippen molar-refractivity contribution in [3.05, 3.63) is 196 Å².